The van der Waals surface area contributed by atoms with Gasteiger partial charge in [-0.2, -0.15) is 17.0 Å². The van der Waals surface area contributed by atoms with Crippen molar-refractivity contribution in [2.24, 2.45) is 0 Å². The lowest BCUT2D eigenvalue weighted by molar-refractivity contribution is 0.0908. The van der Waals surface area contributed by atoms with Gasteiger partial charge in [0.05, 0.1) is 22.9 Å². The van der Waals surface area contributed by atoms with Crippen LogP contribution in [0.25, 0.3) is 0 Å². The van der Waals surface area contributed by atoms with E-state index in [-0.39, 0.29) is 22.7 Å². The number of anilines is 1. The number of thioether (sulfide) groups is 1. The van der Waals surface area contributed by atoms with Crippen molar-refractivity contribution in [2.45, 2.75) is 17.4 Å². The minimum Gasteiger partial charge on any atom is -0.398 e. The van der Waals surface area contributed by atoms with Gasteiger partial charge in [0.25, 0.3) is 0 Å². The number of aliphatic hydroxyl groups is 1. The molecule has 0 heterocycles. The first-order valence-electron chi connectivity index (χ1n) is 5.72. The Labute approximate surface area is 123 Å². The van der Waals surface area contributed by atoms with Crippen LogP contribution in [0.5, 0.6) is 0 Å². The van der Waals surface area contributed by atoms with Crippen LogP contribution in [0.4, 0.5) is 5.69 Å². The first-order chi connectivity index (χ1) is 9.22. The van der Waals surface area contributed by atoms with Crippen molar-refractivity contribution < 1.29 is 13.5 Å². The Morgan fingerprint density at radius 2 is 2.20 bits per heavy atom. The number of nitrogens with one attached hydrogen (secondary N) is 1. The molecule has 4 N–H and O–H groups in total. The second-order valence-corrected chi connectivity index (χ2v) is 7.22. The van der Waals surface area contributed by atoms with Gasteiger partial charge < -0.3 is 10.8 Å². The molecule has 8 heteroatoms. The smallest absolute Gasteiger partial charge is 0.242 e. The average Bonchev–Trinajstić information content (AvgIpc) is 2.36. The Bertz CT molecular complexity index is 621. The van der Waals surface area contributed by atoms with Gasteiger partial charge in [0.1, 0.15) is 4.90 Å². The lowest BCUT2D eigenvalue weighted by Crippen LogP contribution is -2.42. The molecule has 1 atom stereocenters. The van der Waals surface area contributed by atoms with Crippen molar-refractivity contribution in [2.75, 3.05) is 24.3 Å². The van der Waals surface area contributed by atoms with Gasteiger partial charge in [-0.25, -0.2) is 13.1 Å². The van der Waals surface area contributed by atoms with Gasteiger partial charge in [-0.3, -0.25) is 0 Å². The Hall–Kier alpha value is -1.27. The van der Waals surface area contributed by atoms with Crippen molar-refractivity contribution in [3.63, 3.8) is 0 Å². The molecule has 0 spiro atoms. The molecule has 20 heavy (non-hydrogen) atoms. The van der Waals surface area contributed by atoms with Crippen LogP contribution < -0.4 is 10.5 Å². The SMILES string of the molecule is CSCC(C)(O)CNS(=O)(=O)c1ccc(C#N)cc1N. The van der Waals surface area contributed by atoms with Gasteiger partial charge in [-0.05, 0) is 31.4 Å². The largest absolute Gasteiger partial charge is 0.398 e. The summed E-state index contributed by atoms with van der Waals surface area (Å²) in [6, 6.07) is 5.84. The van der Waals surface area contributed by atoms with E-state index in [0.29, 0.717) is 5.75 Å². The van der Waals surface area contributed by atoms with E-state index in [4.69, 9.17) is 11.0 Å². The van der Waals surface area contributed by atoms with E-state index in [1.807, 2.05) is 12.3 Å². The van der Waals surface area contributed by atoms with Gasteiger partial charge in [0.15, 0.2) is 0 Å². The molecule has 0 saturated carbocycles. The number of rotatable bonds is 6. The van der Waals surface area contributed by atoms with Gasteiger partial charge in [0.2, 0.25) is 10.0 Å². The summed E-state index contributed by atoms with van der Waals surface area (Å²) in [7, 11) is -3.82. The fraction of sp³-hybridized carbons (Fsp3) is 0.417. The summed E-state index contributed by atoms with van der Waals surface area (Å²) in [4.78, 5) is -0.101. The molecule has 6 nitrogen and oxygen atoms in total. The van der Waals surface area contributed by atoms with Crippen LogP contribution in [0, 0.1) is 11.3 Å². The van der Waals surface area contributed by atoms with E-state index in [0.717, 1.165) is 0 Å². The highest BCUT2D eigenvalue weighted by molar-refractivity contribution is 7.98. The summed E-state index contributed by atoms with van der Waals surface area (Å²) in [6.45, 7) is 1.43. The average molecular weight is 315 g/mol. The maximum absolute atomic E-state index is 12.1. The zero-order valence-electron chi connectivity index (χ0n) is 11.3. The van der Waals surface area contributed by atoms with E-state index in [1.54, 1.807) is 6.92 Å². The fourth-order valence-electron chi connectivity index (χ4n) is 1.55. The molecular formula is C12H17N3O3S2. The molecule has 1 unspecified atom stereocenters. The topological polar surface area (TPSA) is 116 Å². The van der Waals surface area contributed by atoms with E-state index >= 15 is 0 Å². The Balaban J connectivity index is 2.93. The third-order valence-electron chi connectivity index (χ3n) is 2.53. The van der Waals surface area contributed by atoms with Crippen molar-refractivity contribution in [1.82, 2.24) is 4.72 Å². The summed E-state index contributed by atoms with van der Waals surface area (Å²) >= 11 is 1.42. The molecule has 0 aliphatic rings. The molecule has 0 saturated heterocycles. The van der Waals surface area contributed by atoms with Crippen molar-refractivity contribution in [3.05, 3.63) is 23.8 Å². The van der Waals surface area contributed by atoms with E-state index in [2.05, 4.69) is 4.72 Å². The molecular weight excluding hydrogens is 298 g/mol. The van der Waals surface area contributed by atoms with Crippen LogP contribution in [0.15, 0.2) is 23.1 Å². The van der Waals surface area contributed by atoms with Gasteiger partial charge in [-0.1, -0.05) is 0 Å². The summed E-state index contributed by atoms with van der Waals surface area (Å²) in [5.41, 5.74) is 4.79. The number of nitrogens with two attached hydrogens (primary N) is 1. The van der Waals surface area contributed by atoms with Crippen molar-refractivity contribution >= 4 is 27.5 Å². The molecule has 0 aliphatic carbocycles. The van der Waals surface area contributed by atoms with Gasteiger partial charge >= 0.3 is 0 Å². The number of nitriles is 1. The second kappa shape index (κ2) is 6.45. The van der Waals surface area contributed by atoms with Crippen molar-refractivity contribution in [3.8, 4) is 6.07 Å². The van der Waals surface area contributed by atoms with E-state index < -0.39 is 15.6 Å². The highest BCUT2D eigenvalue weighted by Gasteiger charge is 2.24. The van der Waals surface area contributed by atoms with E-state index in [9.17, 15) is 13.5 Å². The lowest BCUT2D eigenvalue weighted by atomic mass is 10.1. The zero-order valence-corrected chi connectivity index (χ0v) is 12.9. The first-order valence-corrected chi connectivity index (χ1v) is 8.60. The molecule has 1 aromatic rings. The Morgan fingerprint density at radius 1 is 1.55 bits per heavy atom. The maximum atomic E-state index is 12.1. The minimum atomic E-state index is -3.82. The van der Waals surface area contributed by atoms with Crippen LogP contribution in [-0.4, -0.2) is 37.7 Å². The number of sulfonamides is 1. The number of hydrogen-bond acceptors (Lipinski definition) is 6. The van der Waals surface area contributed by atoms with E-state index in [1.165, 1.54) is 30.0 Å². The summed E-state index contributed by atoms with van der Waals surface area (Å²) in [6.07, 6.45) is 1.82. The molecule has 0 radical (unpaired) electrons. The molecule has 1 rings (SSSR count). The van der Waals surface area contributed by atoms with Crippen LogP contribution >= 0.6 is 11.8 Å². The van der Waals surface area contributed by atoms with Crippen LogP contribution in [0.1, 0.15) is 12.5 Å². The monoisotopic (exact) mass is 315 g/mol. The minimum absolute atomic E-state index is 0.000981. The standard InChI is InChI=1S/C12H17N3O3S2/c1-12(16,8-19-2)7-15-20(17,18)11-4-3-9(6-13)5-10(11)14/h3-5,15-16H,7-8,14H2,1-2H3. The van der Waals surface area contributed by atoms with Gasteiger partial charge in [-0.15, -0.1) is 0 Å². The molecule has 0 fully saturated rings. The zero-order chi connectivity index (χ0) is 15.4. The molecule has 0 amide bonds. The molecule has 0 aromatic heterocycles. The summed E-state index contributed by atoms with van der Waals surface area (Å²) in [5.74, 6) is 0.401. The Kier molecular flexibility index (Phi) is 5.42. The third kappa shape index (κ3) is 4.38. The molecule has 0 bridgehead atoms. The number of benzene rings is 1. The lowest BCUT2D eigenvalue weighted by Gasteiger charge is -2.22. The third-order valence-corrected chi connectivity index (χ3v) is 4.91. The Morgan fingerprint density at radius 3 is 2.70 bits per heavy atom. The van der Waals surface area contributed by atoms with Crippen LogP contribution in [-0.2, 0) is 10.0 Å². The van der Waals surface area contributed by atoms with Crippen LogP contribution in [0.2, 0.25) is 0 Å². The molecule has 1 aromatic carbocycles. The first kappa shape index (κ1) is 16.8. The van der Waals surface area contributed by atoms with Crippen molar-refractivity contribution in [1.29, 1.82) is 5.26 Å². The van der Waals surface area contributed by atoms with Gasteiger partial charge in [0, 0.05) is 12.3 Å². The highest BCUT2D eigenvalue weighted by atomic mass is 32.2. The summed E-state index contributed by atoms with van der Waals surface area (Å²) < 4.78 is 26.5. The van der Waals surface area contributed by atoms with Crippen LogP contribution in [0.3, 0.4) is 0 Å². The molecule has 0 aliphatic heterocycles. The number of nitrogen functional groups attached to an aromatic ring is 1. The predicted molar refractivity (Wildman–Crippen MR) is 79.8 cm³/mol. The quantitative estimate of drug-likeness (QED) is 0.660. The predicted octanol–water partition coefficient (Wildman–Crippen LogP) is 0.533. The normalized spacial score (nSPS) is 14.5. The summed E-state index contributed by atoms with van der Waals surface area (Å²) in [5, 5.41) is 18.7. The number of hydrogen-bond donors (Lipinski definition) is 3. The fourth-order valence-corrected chi connectivity index (χ4v) is 3.55. The highest BCUT2D eigenvalue weighted by Crippen LogP contribution is 2.20. The number of nitrogens with zero attached hydrogens (tertiary/aromatic N) is 1. The molecule has 110 valence electrons. The maximum Gasteiger partial charge on any atom is 0.242 e. The second-order valence-electron chi connectivity index (χ2n) is 4.62.